The minimum atomic E-state index is -0.151. The summed E-state index contributed by atoms with van der Waals surface area (Å²) in [6, 6.07) is 5.92. The van der Waals surface area contributed by atoms with Gasteiger partial charge in [0.15, 0.2) is 0 Å². The Balaban J connectivity index is 2.26. The second-order valence-electron chi connectivity index (χ2n) is 5.55. The van der Waals surface area contributed by atoms with Gasteiger partial charge in [-0.25, -0.2) is 0 Å². The van der Waals surface area contributed by atoms with Gasteiger partial charge in [0.1, 0.15) is 0 Å². The lowest BCUT2D eigenvalue weighted by Gasteiger charge is -2.26. The van der Waals surface area contributed by atoms with Gasteiger partial charge in [-0.2, -0.15) is 0 Å². The topological polar surface area (TPSA) is 41.1 Å². The highest BCUT2D eigenvalue weighted by Crippen LogP contribution is 2.25. The number of rotatable bonds is 3. The molecule has 0 atom stereocenters. The third-order valence-electron chi connectivity index (χ3n) is 3.68. The Labute approximate surface area is 109 Å². The van der Waals surface area contributed by atoms with Gasteiger partial charge in [-0.1, -0.05) is 13.0 Å². The van der Waals surface area contributed by atoms with Gasteiger partial charge in [0.2, 0.25) is 0 Å². The van der Waals surface area contributed by atoms with Crippen LogP contribution in [0.1, 0.15) is 49.5 Å². The fourth-order valence-corrected chi connectivity index (χ4v) is 2.19. The van der Waals surface area contributed by atoms with Gasteiger partial charge < -0.3 is 10.6 Å². The van der Waals surface area contributed by atoms with Gasteiger partial charge in [-0.3, -0.25) is 4.79 Å². The van der Waals surface area contributed by atoms with Crippen molar-refractivity contribution in [3.05, 3.63) is 29.3 Å². The summed E-state index contributed by atoms with van der Waals surface area (Å²) in [7, 11) is 0. The van der Waals surface area contributed by atoms with Gasteiger partial charge in [0, 0.05) is 23.3 Å². The summed E-state index contributed by atoms with van der Waals surface area (Å²) in [4.78, 5) is 12.4. The largest absolute Gasteiger partial charge is 0.385 e. The monoisotopic (exact) mass is 246 g/mol. The minimum absolute atomic E-state index is 0.0439. The summed E-state index contributed by atoms with van der Waals surface area (Å²) in [5.74, 6) is 0.0439. The second kappa shape index (κ2) is 5.01. The molecule has 0 saturated heterocycles. The van der Waals surface area contributed by atoms with Crippen LogP contribution in [0.4, 0.5) is 5.69 Å². The van der Waals surface area contributed by atoms with Gasteiger partial charge in [0.25, 0.3) is 5.91 Å². The van der Waals surface area contributed by atoms with Crippen LogP contribution in [0.25, 0.3) is 0 Å². The van der Waals surface area contributed by atoms with E-state index in [9.17, 15) is 4.79 Å². The Kier molecular flexibility index (Phi) is 3.60. The molecule has 0 aromatic heterocycles. The molecule has 1 amide bonds. The number of anilines is 1. The normalized spacial score (nSPS) is 14.6. The average Bonchev–Trinajstić information content (AvgIpc) is 2.37. The van der Waals surface area contributed by atoms with E-state index in [1.54, 1.807) is 0 Å². The Morgan fingerprint density at radius 1 is 1.44 bits per heavy atom. The van der Waals surface area contributed by atoms with E-state index < -0.39 is 0 Å². The van der Waals surface area contributed by atoms with E-state index in [1.807, 2.05) is 12.1 Å². The maximum Gasteiger partial charge on any atom is 0.252 e. The number of amides is 1. The molecule has 2 N–H and O–H groups in total. The van der Waals surface area contributed by atoms with Crippen LogP contribution in [-0.4, -0.2) is 18.0 Å². The molecule has 3 heteroatoms. The van der Waals surface area contributed by atoms with Crippen LogP contribution < -0.4 is 10.6 Å². The minimum Gasteiger partial charge on any atom is -0.385 e. The van der Waals surface area contributed by atoms with Crippen LogP contribution in [0.5, 0.6) is 0 Å². The van der Waals surface area contributed by atoms with Crippen LogP contribution in [0, 0.1) is 0 Å². The van der Waals surface area contributed by atoms with Gasteiger partial charge >= 0.3 is 0 Å². The predicted octanol–water partition coefficient (Wildman–Crippen LogP) is 2.96. The first-order valence-corrected chi connectivity index (χ1v) is 6.72. The van der Waals surface area contributed by atoms with Crippen LogP contribution in [0.15, 0.2) is 18.2 Å². The van der Waals surface area contributed by atoms with E-state index in [0.29, 0.717) is 0 Å². The van der Waals surface area contributed by atoms with Crippen molar-refractivity contribution < 1.29 is 4.79 Å². The molecule has 0 radical (unpaired) electrons. The van der Waals surface area contributed by atoms with Crippen molar-refractivity contribution in [1.82, 2.24) is 5.32 Å². The van der Waals surface area contributed by atoms with E-state index in [-0.39, 0.29) is 11.4 Å². The average molecular weight is 246 g/mol. The molecule has 0 spiro atoms. The molecule has 1 aliphatic rings. The third-order valence-corrected chi connectivity index (χ3v) is 3.68. The fourth-order valence-electron chi connectivity index (χ4n) is 2.19. The van der Waals surface area contributed by atoms with Crippen molar-refractivity contribution in [1.29, 1.82) is 0 Å². The smallest absolute Gasteiger partial charge is 0.252 e. The van der Waals surface area contributed by atoms with Crippen molar-refractivity contribution in [2.75, 3.05) is 11.9 Å². The summed E-state index contributed by atoms with van der Waals surface area (Å²) >= 11 is 0. The molecule has 1 aliphatic heterocycles. The van der Waals surface area contributed by atoms with Crippen molar-refractivity contribution >= 4 is 11.6 Å². The van der Waals surface area contributed by atoms with Crippen molar-refractivity contribution in [2.24, 2.45) is 0 Å². The van der Waals surface area contributed by atoms with E-state index in [2.05, 4.69) is 37.5 Å². The summed E-state index contributed by atoms with van der Waals surface area (Å²) in [6.07, 6.45) is 3.00. The van der Waals surface area contributed by atoms with E-state index in [1.165, 1.54) is 0 Å². The first kappa shape index (κ1) is 12.9. The fraction of sp³-hybridized carbons (Fsp3) is 0.533. The lowest BCUT2D eigenvalue weighted by Crippen LogP contribution is -2.43. The molecule has 0 aliphatic carbocycles. The molecule has 3 nitrogen and oxygen atoms in total. The first-order chi connectivity index (χ1) is 8.53. The van der Waals surface area contributed by atoms with E-state index in [4.69, 9.17) is 0 Å². The zero-order valence-electron chi connectivity index (χ0n) is 11.5. The lowest BCUT2D eigenvalue weighted by molar-refractivity contribution is 0.0910. The molecule has 0 bridgehead atoms. The first-order valence-electron chi connectivity index (χ1n) is 6.72. The van der Waals surface area contributed by atoms with Crippen LogP contribution in [-0.2, 0) is 6.42 Å². The lowest BCUT2D eigenvalue weighted by atomic mass is 9.95. The number of carbonyl (C=O) groups excluding carboxylic acids is 1. The van der Waals surface area contributed by atoms with Gasteiger partial charge in [-0.15, -0.1) is 0 Å². The molecule has 1 heterocycles. The quantitative estimate of drug-likeness (QED) is 0.861. The summed E-state index contributed by atoms with van der Waals surface area (Å²) in [5, 5.41) is 6.46. The maximum absolute atomic E-state index is 12.4. The zero-order chi connectivity index (χ0) is 13.2. The maximum atomic E-state index is 12.4. The molecule has 2 rings (SSSR count). The Morgan fingerprint density at radius 2 is 2.22 bits per heavy atom. The standard InChI is InChI=1S/C15H22N2O/c1-4-15(2,3)17-14(18)12-7-5-9-13-11(12)8-6-10-16-13/h5,7,9,16H,4,6,8,10H2,1-3H3,(H,17,18). The van der Waals surface area contributed by atoms with Gasteiger partial charge in [0.05, 0.1) is 0 Å². The molecule has 0 unspecified atom stereocenters. The molecule has 1 aromatic carbocycles. The molecule has 0 fully saturated rings. The number of hydrogen-bond donors (Lipinski definition) is 2. The zero-order valence-corrected chi connectivity index (χ0v) is 11.5. The highest BCUT2D eigenvalue weighted by molar-refractivity contribution is 5.97. The highest BCUT2D eigenvalue weighted by Gasteiger charge is 2.22. The molecule has 18 heavy (non-hydrogen) atoms. The molecule has 1 aromatic rings. The number of benzene rings is 1. The van der Waals surface area contributed by atoms with E-state index in [0.717, 1.165) is 42.6 Å². The van der Waals surface area contributed by atoms with E-state index >= 15 is 0 Å². The number of carbonyl (C=O) groups is 1. The predicted molar refractivity (Wildman–Crippen MR) is 75.1 cm³/mol. The second-order valence-corrected chi connectivity index (χ2v) is 5.55. The summed E-state index contributed by atoms with van der Waals surface area (Å²) in [5.41, 5.74) is 2.94. The molecular weight excluding hydrogens is 224 g/mol. The van der Waals surface area contributed by atoms with Crippen LogP contribution in [0.3, 0.4) is 0 Å². The molecule has 98 valence electrons. The van der Waals surface area contributed by atoms with Crippen molar-refractivity contribution in [2.45, 2.75) is 45.6 Å². The number of fused-ring (bicyclic) bond motifs is 1. The molecular formula is C15H22N2O. The Bertz CT molecular complexity index is 452. The Hall–Kier alpha value is -1.51. The summed E-state index contributed by atoms with van der Waals surface area (Å²) in [6.45, 7) is 7.19. The van der Waals surface area contributed by atoms with Crippen molar-refractivity contribution in [3.8, 4) is 0 Å². The van der Waals surface area contributed by atoms with Crippen LogP contribution in [0.2, 0.25) is 0 Å². The highest BCUT2D eigenvalue weighted by atomic mass is 16.1. The van der Waals surface area contributed by atoms with Crippen LogP contribution >= 0.6 is 0 Å². The Morgan fingerprint density at radius 3 is 2.94 bits per heavy atom. The van der Waals surface area contributed by atoms with Gasteiger partial charge in [-0.05, 0) is 50.8 Å². The number of nitrogens with one attached hydrogen (secondary N) is 2. The van der Waals surface area contributed by atoms with Crippen molar-refractivity contribution in [3.63, 3.8) is 0 Å². The molecule has 0 saturated carbocycles. The summed E-state index contributed by atoms with van der Waals surface area (Å²) < 4.78 is 0. The SMILES string of the molecule is CCC(C)(C)NC(=O)c1cccc2c1CCCN2. The number of hydrogen-bond acceptors (Lipinski definition) is 2. The third kappa shape index (κ3) is 2.66.